The van der Waals surface area contributed by atoms with E-state index in [0.29, 0.717) is 12.1 Å². The molecule has 2 aliphatic rings. The summed E-state index contributed by atoms with van der Waals surface area (Å²) in [5.74, 6) is 1.67. The summed E-state index contributed by atoms with van der Waals surface area (Å²) < 4.78 is 0. The SMILES string of the molecule is CC(C)N1CC2CCCC(C1)C2NCc1cn[nH]c1. The average Bonchev–Trinajstić information content (AvgIpc) is 2.88. The lowest BCUT2D eigenvalue weighted by Crippen LogP contribution is -2.58. The molecule has 1 saturated heterocycles. The molecule has 3 rings (SSSR count). The van der Waals surface area contributed by atoms with E-state index in [1.807, 2.05) is 12.4 Å². The van der Waals surface area contributed by atoms with E-state index < -0.39 is 0 Å². The highest BCUT2D eigenvalue weighted by atomic mass is 15.2. The van der Waals surface area contributed by atoms with Crippen LogP contribution in [0.5, 0.6) is 0 Å². The number of H-pyrrole nitrogens is 1. The molecule has 1 saturated carbocycles. The van der Waals surface area contributed by atoms with Crippen LogP contribution in [0.4, 0.5) is 0 Å². The van der Waals surface area contributed by atoms with Crippen molar-refractivity contribution in [3.63, 3.8) is 0 Å². The molecule has 19 heavy (non-hydrogen) atoms. The van der Waals surface area contributed by atoms with Gasteiger partial charge in [-0.3, -0.25) is 5.10 Å². The second-order valence-electron chi connectivity index (χ2n) is 6.51. The molecule has 4 heteroatoms. The standard InChI is InChI=1S/C15H26N4/c1-11(2)19-9-13-4-3-5-14(10-19)15(13)16-6-12-7-17-18-8-12/h7-8,11,13-16H,3-6,9-10H2,1-2H3,(H,17,18). The summed E-state index contributed by atoms with van der Waals surface area (Å²) in [7, 11) is 0. The highest BCUT2D eigenvalue weighted by Gasteiger charge is 2.39. The Morgan fingerprint density at radius 2 is 2.11 bits per heavy atom. The van der Waals surface area contributed by atoms with Gasteiger partial charge in [-0.2, -0.15) is 5.10 Å². The van der Waals surface area contributed by atoms with Crippen LogP contribution in [0.2, 0.25) is 0 Å². The number of hydrogen-bond acceptors (Lipinski definition) is 3. The lowest BCUT2D eigenvalue weighted by Gasteiger charge is -2.49. The Balaban J connectivity index is 1.62. The van der Waals surface area contributed by atoms with Crippen molar-refractivity contribution >= 4 is 0 Å². The van der Waals surface area contributed by atoms with E-state index in [1.165, 1.54) is 37.9 Å². The molecule has 1 aliphatic carbocycles. The van der Waals surface area contributed by atoms with Gasteiger partial charge in [0.05, 0.1) is 6.20 Å². The maximum atomic E-state index is 4.02. The van der Waals surface area contributed by atoms with Crippen LogP contribution in [-0.4, -0.2) is 40.3 Å². The van der Waals surface area contributed by atoms with Crippen LogP contribution in [0.3, 0.4) is 0 Å². The normalized spacial score (nSPS) is 31.8. The minimum atomic E-state index is 0.693. The third-order valence-corrected chi connectivity index (χ3v) is 4.93. The van der Waals surface area contributed by atoms with Gasteiger partial charge in [-0.15, -0.1) is 0 Å². The molecule has 4 nitrogen and oxygen atoms in total. The van der Waals surface area contributed by atoms with Gasteiger partial charge in [0.15, 0.2) is 0 Å². The van der Waals surface area contributed by atoms with Crippen molar-refractivity contribution in [2.24, 2.45) is 11.8 Å². The second-order valence-corrected chi connectivity index (χ2v) is 6.51. The van der Waals surface area contributed by atoms with Crippen LogP contribution < -0.4 is 5.32 Å². The summed E-state index contributed by atoms with van der Waals surface area (Å²) in [5.41, 5.74) is 1.27. The maximum absolute atomic E-state index is 4.02. The first-order valence-electron chi connectivity index (χ1n) is 7.69. The Kier molecular flexibility index (Phi) is 3.89. The molecule has 2 bridgehead atoms. The summed E-state index contributed by atoms with van der Waals surface area (Å²) in [6.45, 7) is 8.16. The fraction of sp³-hybridized carbons (Fsp3) is 0.800. The predicted octanol–water partition coefficient (Wildman–Crippen LogP) is 2.01. The zero-order valence-electron chi connectivity index (χ0n) is 12.1. The molecule has 2 atom stereocenters. The number of piperidine rings is 1. The summed E-state index contributed by atoms with van der Waals surface area (Å²) >= 11 is 0. The molecule has 0 radical (unpaired) electrons. The first-order chi connectivity index (χ1) is 9.24. The summed E-state index contributed by atoms with van der Waals surface area (Å²) in [6.07, 6.45) is 8.12. The van der Waals surface area contributed by atoms with Gasteiger partial charge >= 0.3 is 0 Å². The second kappa shape index (κ2) is 5.63. The minimum absolute atomic E-state index is 0.693. The molecule has 2 N–H and O–H groups in total. The highest BCUT2D eigenvalue weighted by Crippen LogP contribution is 2.35. The van der Waals surface area contributed by atoms with Crippen LogP contribution in [-0.2, 0) is 6.54 Å². The van der Waals surface area contributed by atoms with Crippen molar-refractivity contribution in [2.45, 2.75) is 51.7 Å². The molecule has 1 aliphatic heterocycles. The molecule has 0 aromatic carbocycles. The Bertz CT molecular complexity index is 373. The van der Waals surface area contributed by atoms with E-state index >= 15 is 0 Å². The summed E-state index contributed by atoms with van der Waals surface area (Å²) in [6, 6.07) is 1.40. The Labute approximate surface area is 116 Å². The zero-order chi connectivity index (χ0) is 13.2. The zero-order valence-corrected chi connectivity index (χ0v) is 12.1. The molecule has 0 spiro atoms. The largest absolute Gasteiger partial charge is 0.309 e. The number of likely N-dealkylation sites (tertiary alicyclic amines) is 1. The van der Waals surface area contributed by atoms with Crippen LogP contribution in [0.1, 0.15) is 38.7 Å². The van der Waals surface area contributed by atoms with Gasteiger partial charge in [-0.05, 0) is 38.5 Å². The molecular formula is C15H26N4. The van der Waals surface area contributed by atoms with Crippen molar-refractivity contribution in [3.05, 3.63) is 18.0 Å². The molecule has 1 aromatic rings. The molecule has 2 unspecified atom stereocenters. The van der Waals surface area contributed by atoms with E-state index in [2.05, 4.69) is 34.3 Å². The van der Waals surface area contributed by atoms with Crippen LogP contribution in [0.25, 0.3) is 0 Å². The number of aromatic nitrogens is 2. The quantitative estimate of drug-likeness (QED) is 0.872. The van der Waals surface area contributed by atoms with Crippen LogP contribution in [0.15, 0.2) is 12.4 Å². The van der Waals surface area contributed by atoms with Gasteiger partial charge in [0, 0.05) is 43.5 Å². The van der Waals surface area contributed by atoms with E-state index in [-0.39, 0.29) is 0 Å². The first-order valence-corrected chi connectivity index (χ1v) is 7.69. The van der Waals surface area contributed by atoms with E-state index in [1.54, 1.807) is 0 Å². The fourth-order valence-electron chi connectivity index (χ4n) is 3.84. The molecule has 0 amide bonds. The summed E-state index contributed by atoms with van der Waals surface area (Å²) in [4.78, 5) is 2.67. The predicted molar refractivity (Wildman–Crippen MR) is 76.8 cm³/mol. The third kappa shape index (κ3) is 2.84. The van der Waals surface area contributed by atoms with Crippen molar-refractivity contribution in [1.29, 1.82) is 0 Å². The van der Waals surface area contributed by atoms with Crippen molar-refractivity contribution in [2.75, 3.05) is 13.1 Å². The van der Waals surface area contributed by atoms with Gasteiger partial charge in [0.2, 0.25) is 0 Å². The highest BCUT2D eigenvalue weighted by molar-refractivity contribution is 5.03. The number of rotatable bonds is 4. The van der Waals surface area contributed by atoms with Gasteiger partial charge in [-0.25, -0.2) is 0 Å². The maximum Gasteiger partial charge on any atom is 0.0532 e. The molecule has 2 fully saturated rings. The lowest BCUT2D eigenvalue weighted by atomic mass is 9.73. The minimum Gasteiger partial charge on any atom is -0.309 e. The van der Waals surface area contributed by atoms with Crippen molar-refractivity contribution in [1.82, 2.24) is 20.4 Å². The summed E-state index contributed by atoms with van der Waals surface area (Å²) in [5, 5.41) is 10.7. The Morgan fingerprint density at radius 1 is 1.37 bits per heavy atom. The lowest BCUT2D eigenvalue weighted by molar-refractivity contribution is 0.0290. The Hall–Kier alpha value is -0.870. The number of hydrogen-bond donors (Lipinski definition) is 2. The number of nitrogens with zero attached hydrogens (tertiary/aromatic N) is 2. The van der Waals surface area contributed by atoms with Crippen LogP contribution >= 0.6 is 0 Å². The van der Waals surface area contributed by atoms with Crippen molar-refractivity contribution in [3.8, 4) is 0 Å². The number of fused-ring (bicyclic) bond motifs is 2. The van der Waals surface area contributed by atoms with Gasteiger partial charge in [0.1, 0.15) is 0 Å². The van der Waals surface area contributed by atoms with E-state index in [9.17, 15) is 0 Å². The smallest absolute Gasteiger partial charge is 0.0532 e. The first kappa shape index (κ1) is 13.1. The molecular weight excluding hydrogens is 236 g/mol. The molecule has 2 heterocycles. The van der Waals surface area contributed by atoms with Crippen molar-refractivity contribution < 1.29 is 0 Å². The number of nitrogens with one attached hydrogen (secondary N) is 2. The Morgan fingerprint density at radius 3 is 2.68 bits per heavy atom. The van der Waals surface area contributed by atoms with Gasteiger partial charge < -0.3 is 10.2 Å². The average molecular weight is 262 g/mol. The molecule has 106 valence electrons. The number of aromatic amines is 1. The fourth-order valence-corrected chi connectivity index (χ4v) is 3.84. The third-order valence-electron chi connectivity index (χ3n) is 4.93. The molecule has 1 aromatic heterocycles. The van der Waals surface area contributed by atoms with Gasteiger partial charge in [-0.1, -0.05) is 6.42 Å². The van der Waals surface area contributed by atoms with E-state index in [4.69, 9.17) is 0 Å². The topological polar surface area (TPSA) is 44.0 Å². The van der Waals surface area contributed by atoms with E-state index in [0.717, 1.165) is 18.4 Å². The monoisotopic (exact) mass is 262 g/mol. The van der Waals surface area contributed by atoms with Crippen LogP contribution in [0, 0.1) is 11.8 Å². The van der Waals surface area contributed by atoms with Gasteiger partial charge in [0.25, 0.3) is 0 Å².